The van der Waals surface area contributed by atoms with E-state index < -0.39 is 0 Å². The van der Waals surface area contributed by atoms with Crippen LogP contribution in [0.5, 0.6) is 11.5 Å². The monoisotopic (exact) mass is 382 g/mol. The van der Waals surface area contributed by atoms with Crippen LogP contribution in [0.25, 0.3) is 0 Å². The van der Waals surface area contributed by atoms with Gasteiger partial charge in [0.25, 0.3) is 0 Å². The van der Waals surface area contributed by atoms with Crippen molar-refractivity contribution in [2.24, 2.45) is 5.92 Å². The second-order valence-corrected chi connectivity index (χ2v) is 7.45. The van der Waals surface area contributed by atoms with Crippen LogP contribution in [0.4, 0.5) is 5.95 Å². The molecule has 1 amide bonds. The molecule has 0 radical (unpaired) electrons. The van der Waals surface area contributed by atoms with Crippen molar-refractivity contribution in [1.82, 2.24) is 15.3 Å². The van der Waals surface area contributed by atoms with E-state index in [2.05, 4.69) is 20.2 Å². The molecule has 7 heteroatoms. The molecule has 1 aromatic heterocycles. The van der Waals surface area contributed by atoms with Gasteiger partial charge in [-0.25, -0.2) is 9.97 Å². The molecule has 1 saturated heterocycles. The standard InChI is InChI=1S/C21H26N4O3/c1-14-11-15(2)24-21(23-14)25-9-7-16(8-10-25)20(26)22-12-17-13-27-18-5-3-4-6-19(18)28-17/h3-6,11,16-17H,7-10,12-13H2,1-2H3,(H,22,26). The van der Waals surface area contributed by atoms with Crippen LogP contribution in [-0.2, 0) is 4.79 Å². The smallest absolute Gasteiger partial charge is 0.225 e. The van der Waals surface area contributed by atoms with E-state index in [0.717, 1.165) is 54.8 Å². The number of nitrogens with zero attached hydrogens (tertiary/aromatic N) is 3. The molecular formula is C21H26N4O3. The summed E-state index contributed by atoms with van der Waals surface area (Å²) in [6, 6.07) is 9.57. The largest absolute Gasteiger partial charge is 0.486 e. The van der Waals surface area contributed by atoms with E-state index in [9.17, 15) is 4.79 Å². The number of nitrogens with one attached hydrogen (secondary N) is 1. The molecule has 1 unspecified atom stereocenters. The molecule has 0 spiro atoms. The highest BCUT2D eigenvalue weighted by molar-refractivity contribution is 5.79. The SMILES string of the molecule is Cc1cc(C)nc(N2CCC(C(=O)NCC3COc4ccccc4O3)CC2)n1. The van der Waals surface area contributed by atoms with Gasteiger partial charge in [-0.2, -0.15) is 0 Å². The quantitative estimate of drug-likeness (QED) is 0.874. The molecule has 2 aliphatic rings. The number of aryl methyl sites for hydroxylation is 2. The molecule has 1 atom stereocenters. The maximum Gasteiger partial charge on any atom is 0.225 e. The lowest BCUT2D eigenvalue weighted by atomic mass is 9.96. The molecule has 1 fully saturated rings. The van der Waals surface area contributed by atoms with Crippen LogP contribution >= 0.6 is 0 Å². The van der Waals surface area contributed by atoms with Gasteiger partial charge in [0.1, 0.15) is 12.7 Å². The molecular weight excluding hydrogens is 356 g/mol. The summed E-state index contributed by atoms with van der Waals surface area (Å²) in [6.45, 7) is 6.43. The van der Waals surface area contributed by atoms with Gasteiger partial charge < -0.3 is 19.7 Å². The Hall–Kier alpha value is -2.83. The predicted octanol–water partition coefficient (Wildman–Crippen LogP) is 2.27. The van der Waals surface area contributed by atoms with Crippen molar-refractivity contribution >= 4 is 11.9 Å². The molecule has 7 nitrogen and oxygen atoms in total. The first-order valence-electron chi connectivity index (χ1n) is 9.82. The molecule has 2 aromatic rings. The summed E-state index contributed by atoms with van der Waals surface area (Å²) < 4.78 is 11.6. The van der Waals surface area contributed by atoms with Gasteiger partial charge in [0.2, 0.25) is 11.9 Å². The van der Waals surface area contributed by atoms with E-state index in [0.29, 0.717) is 13.2 Å². The van der Waals surface area contributed by atoms with Crippen LogP contribution in [0.15, 0.2) is 30.3 Å². The zero-order valence-corrected chi connectivity index (χ0v) is 16.4. The summed E-state index contributed by atoms with van der Waals surface area (Å²) in [5.41, 5.74) is 1.94. The average Bonchev–Trinajstić information content (AvgIpc) is 2.71. The maximum atomic E-state index is 12.6. The minimum Gasteiger partial charge on any atom is -0.486 e. The Kier molecular flexibility index (Phi) is 5.32. The van der Waals surface area contributed by atoms with Crippen LogP contribution in [0.1, 0.15) is 24.2 Å². The lowest BCUT2D eigenvalue weighted by Crippen LogP contribution is -2.45. The number of anilines is 1. The minimum atomic E-state index is -0.164. The van der Waals surface area contributed by atoms with Crippen molar-refractivity contribution in [1.29, 1.82) is 0 Å². The number of rotatable bonds is 4. The van der Waals surface area contributed by atoms with Crippen molar-refractivity contribution < 1.29 is 14.3 Å². The zero-order chi connectivity index (χ0) is 19.5. The van der Waals surface area contributed by atoms with Gasteiger partial charge in [0, 0.05) is 30.4 Å². The third-order valence-corrected chi connectivity index (χ3v) is 5.19. The van der Waals surface area contributed by atoms with Crippen LogP contribution in [0, 0.1) is 19.8 Å². The summed E-state index contributed by atoms with van der Waals surface area (Å²) in [7, 11) is 0. The molecule has 0 saturated carbocycles. The average molecular weight is 382 g/mol. The van der Waals surface area contributed by atoms with E-state index in [1.165, 1.54) is 0 Å². The Morgan fingerprint density at radius 2 is 1.82 bits per heavy atom. The number of carbonyl (C=O) groups is 1. The van der Waals surface area contributed by atoms with Crippen LogP contribution in [0.2, 0.25) is 0 Å². The van der Waals surface area contributed by atoms with Crippen LogP contribution in [0.3, 0.4) is 0 Å². The number of carbonyl (C=O) groups excluding carboxylic acids is 1. The summed E-state index contributed by atoms with van der Waals surface area (Å²) >= 11 is 0. The zero-order valence-electron chi connectivity index (χ0n) is 16.4. The molecule has 4 rings (SSSR count). The summed E-state index contributed by atoms with van der Waals surface area (Å²) in [6.07, 6.45) is 1.43. The molecule has 1 N–H and O–H groups in total. The highest BCUT2D eigenvalue weighted by atomic mass is 16.6. The van der Waals surface area contributed by atoms with Gasteiger partial charge in [-0.1, -0.05) is 12.1 Å². The van der Waals surface area contributed by atoms with Crippen molar-refractivity contribution in [3.8, 4) is 11.5 Å². The van der Waals surface area contributed by atoms with Crippen molar-refractivity contribution in [3.05, 3.63) is 41.7 Å². The van der Waals surface area contributed by atoms with Gasteiger partial charge >= 0.3 is 0 Å². The van der Waals surface area contributed by atoms with Crippen molar-refractivity contribution in [3.63, 3.8) is 0 Å². The van der Waals surface area contributed by atoms with Gasteiger partial charge in [0.05, 0.1) is 6.54 Å². The van der Waals surface area contributed by atoms with E-state index in [1.807, 2.05) is 44.2 Å². The first kappa shape index (κ1) is 18.5. The first-order valence-corrected chi connectivity index (χ1v) is 9.82. The number of piperidine rings is 1. The third-order valence-electron chi connectivity index (χ3n) is 5.19. The van der Waals surface area contributed by atoms with E-state index in [4.69, 9.17) is 9.47 Å². The fourth-order valence-electron chi connectivity index (χ4n) is 3.71. The number of amides is 1. The molecule has 28 heavy (non-hydrogen) atoms. The number of hydrogen-bond donors (Lipinski definition) is 1. The highest BCUT2D eigenvalue weighted by Gasteiger charge is 2.28. The lowest BCUT2D eigenvalue weighted by molar-refractivity contribution is -0.126. The minimum absolute atomic E-state index is 0.0129. The summed E-state index contributed by atoms with van der Waals surface area (Å²) in [5, 5.41) is 3.03. The van der Waals surface area contributed by atoms with Gasteiger partial charge in [-0.15, -0.1) is 0 Å². The molecule has 148 valence electrons. The first-order chi connectivity index (χ1) is 13.6. The molecule has 3 heterocycles. The fraction of sp³-hybridized carbons (Fsp3) is 0.476. The number of ether oxygens (including phenoxy) is 2. The second kappa shape index (κ2) is 8.04. The highest BCUT2D eigenvalue weighted by Crippen LogP contribution is 2.30. The van der Waals surface area contributed by atoms with E-state index in [1.54, 1.807) is 0 Å². The molecule has 0 aliphatic carbocycles. The summed E-state index contributed by atoms with van der Waals surface area (Å²) in [4.78, 5) is 23.8. The Balaban J connectivity index is 1.25. The van der Waals surface area contributed by atoms with Gasteiger partial charge in [0.15, 0.2) is 11.5 Å². The van der Waals surface area contributed by atoms with Gasteiger partial charge in [-0.3, -0.25) is 4.79 Å². The number of fused-ring (bicyclic) bond motifs is 1. The fourth-order valence-corrected chi connectivity index (χ4v) is 3.71. The Bertz CT molecular complexity index is 829. The number of hydrogen-bond acceptors (Lipinski definition) is 6. The Morgan fingerprint density at radius 1 is 1.14 bits per heavy atom. The van der Waals surface area contributed by atoms with Crippen molar-refractivity contribution in [2.75, 3.05) is 31.1 Å². The topological polar surface area (TPSA) is 76.6 Å². The van der Waals surface area contributed by atoms with Crippen molar-refractivity contribution in [2.45, 2.75) is 32.8 Å². The molecule has 1 aromatic carbocycles. The van der Waals surface area contributed by atoms with Crippen LogP contribution in [-0.4, -0.2) is 48.2 Å². The molecule has 2 aliphatic heterocycles. The maximum absolute atomic E-state index is 12.6. The normalized spacial score (nSPS) is 19.4. The number of para-hydroxylation sites is 2. The third kappa shape index (κ3) is 4.18. The van der Waals surface area contributed by atoms with Crippen LogP contribution < -0.4 is 19.7 Å². The van der Waals surface area contributed by atoms with Gasteiger partial charge in [-0.05, 0) is 44.9 Å². The Labute approximate surface area is 165 Å². The van der Waals surface area contributed by atoms with E-state index >= 15 is 0 Å². The predicted molar refractivity (Wildman–Crippen MR) is 106 cm³/mol. The lowest BCUT2D eigenvalue weighted by Gasteiger charge is -2.32. The number of benzene rings is 1. The number of aromatic nitrogens is 2. The summed E-state index contributed by atoms with van der Waals surface area (Å²) in [5.74, 6) is 2.35. The second-order valence-electron chi connectivity index (χ2n) is 7.45. The molecule has 0 bridgehead atoms. The Morgan fingerprint density at radius 3 is 2.54 bits per heavy atom. The van der Waals surface area contributed by atoms with E-state index in [-0.39, 0.29) is 17.9 Å².